The Labute approximate surface area is 164 Å². The van der Waals surface area contributed by atoms with E-state index in [9.17, 15) is 9.59 Å². The zero-order chi connectivity index (χ0) is 19.4. The molecule has 2 atom stereocenters. The van der Waals surface area contributed by atoms with Crippen molar-refractivity contribution in [3.63, 3.8) is 0 Å². The van der Waals surface area contributed by atoms with Crippen molar-refractivity contribution < 1.29 is 19.1 Å². The monoisotopic (exact) mass is 442 g/mol. The predicted molar refractivity (Wildman–Crippen MR) is 107 cm³/mol. The summed E-state index contributed by atoms with van der Waals surface area (Å²) >= 11 is 0.226. The number of carbonyl (C=O) groups excluding carboxylic acids is 2. The first-order valence-corrected chi connectivity index (χ1v) is 13.9. The first-order chi connectivity index (χ1) is 12.5. The molecule has 1 fully saturated rings. The summed E-state index contributed by atoms with van der Waals surface area (Å²) in [5, 5.41) is 0. The summed E-state index contributed by atoms with van der Waals surface area (Å²) in [6.07, 6.45) is 0.570. The van der Waals surface area contributed by atoms with Crippen LogP contribution in [-0.4, -0.2) is 49.2 Å². The third-order valence-electron chi connectivity index (χ3n) is 6.20. The normalized spacial score (nSPS) is 19.5. The van der Waals surface area contributed by atoms with Crippen LogP contribution in [0.2, 0.25) is 22.6 Å². The zero-order valence-corrected chi connectivity index (χ0v) is 19.1. The van der Waals surface area contributed by atoms with Gasteiger partial charge in [0.2, 0.25) is 0 Å². The maximum atomic E-state index is 12.6. The molecule has 1 saturated carbocycles. The molecule has 144 valence electrons. The molecule has 0 N–H and O–H groups in total. The third-order valence-corrected chi connectivity index (χ3v) is 18.2. The van der Waals surface area contributed by atoms with Crippen LogP contribution in [0.1, 0.15) is 27.2 Å². The van der Waals surface area contributed by atoms with Gasteiger partial charge in [-0.3, -0.25) is 0 Å². The van der Waals surface area contributed by atoms with Crippen LogP contribution in [0.3, 0.4) is 0 Å². The minimum absolute atomic E-state index is 0.0501. The predicted octanol–water partition coefficient (Wildman–Crippen LogP) is 3.20. The summed E-state index contributed by atoms with van der Waals surface area (Å²) in [7, 11) is 1.11. The van der Waals surface area contributed by atoms with Gasteiger partial charge in [-0.25, -0.2) is 0 Å². The van der Waals surface area contributed by atoms with E-state index < -0.39 is 25.4 Å². The van der Waals surface area contributed by atoms with Gasteiger partial charge in [0.25, 0.3) is 0 Å². The number of hydrogen-bond acceptors (Lipinski definition) is 4. The van der Waals surface area contributed by atoms with Gasteiger partial charge in [-0.15, -0.1) is 0 Å². The first-order valence-electron chi connectivity index (χ1n) is 9.34. The van der Waals surface area contributed by atoms with Crippen molar-refractivity contribution in [3.8, 4) is 0 Å². The Balaban J connectivity index is 2.44. The van der Waals surface area contributed by atoms with E-state index in [1.807, 2.05) is 6.07 Å². The molecule has 0 radical (unpaired) electrons. The Kier molecular flexibility index (Phi) is 7.11. The Bertz CT molecular complexity index is 606. The molecule has 4 nitrogen and oxygen atoms in total. The zero-order valence-electron chi connectivity index (χ0n) is 16.4. The Morgan fingerprint density at radius 1 is 1.08 bits per heavy atom. The molecule has 0 spiro atoms. The second-order valence-electron chi connectivity index (χ2n) is 7.04. The van der Waals surface area contributed by atoms with Crippen LogP contribution in [-0.2, 0) is 19.1 Å². The van der Waals surface area contributed by atoms with Crippen LogP contribution in [0.4, 0.5) is 0 Å². The van der Waals surface area contributed by atoms with Crippen LogP contribution < -0.4 is 4.46 Å². The Morgan fingerprint density at radius 3 is 2.00 bits per heavy atom. The summed E-state index contributed by atoms with van der Waals surface area (Å²) in [6, 6.07) is 14.0. The maximum absolute atomic E-state index is 12.6. The van der Waals surface area contributed by atoms with Gasteiger partial charge in [0.1, 0.15) is 0 Å². The van der Waals surface area contributed by atoms with E-state index in [2.05, 4.69) is 45.0 Å². The molecule has 1 aliphatic rings. The van der Waals surface area contributed by atoms with Crippen LogP contribution in [0.15, 0.2) is 30.3 Å². The number of methoxy groups -OCH3 is 2. The van der Waals surface area contributed by atoms with Gasteiger partial charge in [-0.2, -0.15) is 0 Å². The molecule has 0 saturated heterocycles. The van der Waals surface area contributed by atoms with Gasteiger partial charge < -0.3 is 0 Å². The molecule has 0 amide bonds. The number of benzene rings is 1. The van der Waals surface area contributed by atoms with Gasteiger partial charge in [-0.05, 0) is 0 Å². The van der Waals surface area contributed by atoms with Crippen LogP contribution in [0.25, 0.3) is 0 Å². The number of carbonyl (C=O) groups is 2. The van der Waals surface area contributed by atoms with Gasteiger partial charge in [0, 0.05) is 0 Å². The summed E-state index contributed by atoms with van der Waals surface area (Å²) in [4.78, 5) is 25.1. The number of ether oxygens (including phenoxy) is 2. The summed E-state index contributed by atoms with van der Waals surface area (Å²) in [5.74, 6) is -0.794. The average molecular weight is 442 g/mol. The van der Waals surface area contributed by atoms with Crippen molar-refractivity contribution in [2.75, 3.05) is 14.2 Å². The molecule has 26 heavy (non-hydrogen) atoms. The summed E-state index contributed by atoms with van der Waals surface area (Å²) in [5.41, 5.74) is -1.08. The Hall–Kier alpha value is -1.10. The van der Waals surface area contributed by atoms with Crippen LogP contribution in [0.5, 0.6) is 0 Å². The molecule has 0 bridgehead atoms. The second kappa shape index (κ2) is 8.72. The molecular formula is C20H30O4SeSi. The molecule has 1 aromatic carbocycles. The summed E-state index contributed by atoms with van der Waals surface area (Å²) < 4.78 is 11.8. The van der Waals surface area contributed by atoms with Crippen molar-refractivity contribution in [1.82, 2.24) is 0 Å². The van der Waals surface area contributed by atoms with E-state index in [1.54, 1.807) is 0 Å². The third kappa shape index (κ3) is 3.64. The first kappa shape index (κ1) is 21.2. The van der Waals surface area contributed by atoms with E-state index in [0.717, 1.165) is 0 Å². The van der Waals surface area contributed by atoms with Crippen LogP contribution in [0, 0.1) is 11.3 Å². The van der Waals surface area contributed by atoms with Crippen molar-refractivity contribution in [1.29, 1.82) is 0 Å². The standard InChI is InChI=1S/C20H30O4SeSi/c1-6-26(7-2,8-3)17(25-15-12-10-9-11-13-15)16-14-20(16,18(21)23-4)19(22)24-5/h9-13,16-17H,6-8,14H2,1-5H3/t16-,17-/m1/s1. The van der Waals surface area contributed by atoms with Crippen molar-refractivity contribution >= 4 is 39.4 Å². The van der Waals surface area contributed by atoms with Crippen molar-refractivity contribution in [2.45, 2.75) is 49.8 Å². The van der Waals surface area contributed by atoms with Gasteiger partial charge in [0.05, 0.1) is 0 Å². The van der Waals surface area contributed by atoms with Crippen molar-refractivity contribution in [2.24, 2.45) is 11.3 Å². The van der Waals surface area contributed by atoms with Crippen LogP contribution >= 0.6 is 0 Å². The van der Waals surface area contributed by atoms with E-state index in [4.69, 9.17) is 9.47 Å². The molecule has 0 unspecified atom stereocenters. The molecular weight excluding hydrogens is 411 g/mol. The van der Waals surface area contributed by atoms with E-state index >= 15 is 0 Å². The molecule has 6 heteroatoms. The van der Waals surface area contributed by atoms with Gasteiger partial charge in [-0.1, -0.05) is 0 Å². The van der Waals surface area contributed by atoms with E-state index in [0.29, 0.717) is 10.9 Å². The fourth-order valence-electron chi connectivity index (χ4n) is 4.20. The second-order valence-corrected chi connectivity index (χ2v) is 16.0. The number of hydrogen-bond donors (Lipinski definition) is 0. The topological polar surface area (TPSA) is 52.6 Å². The fourth-order valence-corrected chi connectivity index (χ4v) is 16.2. The molecule has 0 aliphatic heterocycles. The summed E-state index contributed by atoms with van der Waals surface area (Å²) in [6.45, 7) is 6.86. The molecule has 0 aromatic heterocycles. The molecule has 1 aliphatic carbocycles. The van der Waals surface area contributed by atoms with E-state index in [1.165, 1.54) is 36.8 Å². The Morgan fingerprint density at radius 2 is 1.58 bits per heavy atom. The quantitative estimate of drug-likeness (QED) is 0.336. The number of esters is 2. The SMILES string of the molecule is CC[Si](CC)(CC)[C@@H]([Se]c1ccccc1)[C@H]1CC1(C(=O)OC)C(=O)OC. The average Bonchev–Trinajstić information content (AvgIpc) is 3.44. The van der Waals surface area contributed by atoms with Crippen molar-refractivity contribution in [3.05, 3.63) is 30.3 Å². The van der Waals surface area contributed by atoms with E-state index in [-0.39, 0.29) is 20.9 Å². The molecule has 0 heterocycles. The fraction of sp³-hybridized carbons (Fsp3) is 0.600. The van der Waals surface area contributed by atoms with Gasteiger partial charge >= 0.3 is 164 Å². The van der Waals surface area contributed by atoms with Gasteiger partial charge in [0.15, 0.2) is 0 Å². The number of rotatable bonds is 9. The molecule has 1 aromatic rings. The molecule has 2 rings (SSSR count). The minimum atomic E-state index is -1.62.